The number of fused-ring (bicyclic) bond motifs is 3. The van der Waals surface area contributed by atoms with Crippen LogP contribution in [0, 0.1) is 0 Å². The van der Waals surface area contributed by atoms with E-state index in [9.17, 15) is 4.79 Å². The molecule has 0 bridgehead atoms. The Hall–Kier alpha value is -2.93. The summed E-state index contributed by atoms with van der Waals surface area (Å²) in [4.78, 5) is 19.7. The summed E-state index contributed by atoms with van der Waals surface area (Å²) in [7, 11) is 0. The van der Waals surface area contributed by atoms with Crippen LogP contribution in [-0.4, -0.2) is 38.4 Å². The fourth-order valence-electron chi connectivity index (χ4n) is 2.91. The molecule has 2 aromatic carbocycles. The van der Waals surface area contributed by atoms with Crippen molar-refractivity contribution in [1.29, 1.82) is 0 Å². The highest BCUT2D eigenvalue weighted by atomic mass is 32.2. The fourth-order valence-corrected chi connectivity index (χ4v) is 3.53. The van der Waals surface area contributed by atoms with Crippen molar-refractivity contribution >= 4 is 39.7 Å². The number of aryl methyl sites for hydroxylation is 1. The van der Waals surface area contributed by atoms with Crippen LogP contribution in [0.4, 0.5) is 0 Å². The molecular weight excluding hydrogens is 358 g/mol. The van der Waals surface area contributed by atoms with Gasteiger partial charge < -0.3 is 10.3 Å². The lowest BCUT2D eigenvalue weighted by Gasteiger charge is -2.05. The molecule has 0 atom stereocenters. The van der Waals surface area contributed by atoms with E-state index in [-0.39, 0.29) is 11.7 Å². The Morgan fingerprint density at radius 2 is 1.85 bits per heavy atom. The highest BCUT2D eigenvalue weighted by Crippen LogP contribution is 2.23. The van der Waals surface area contributed by atoms with Crippen LogP contribution >= 0.6 is 11.8 Å². The van der Waals surface area contributed by atoms with Gasteiger partial charge in [-0.25, -0.2) is 4.98 Å². The van der Waals surface area contributed by atoms with Gasteiger partial charge in [0.25, 0.3) is 0 Å². The van der Waals surface area contributed by atoms with E-state index < -0.39 is 0 Å². The number of carbonyl (C=O) groups is 1. The van der Waals surface area contributed by atoms with E-state index in [4.69, 9.17) is 0 Å². The van der Waals surface area contributed by atoms with Gasteiger partial charge in [0.1, 0.15) is 5.52 Å². The standard InChI is InChI=1S/C20H19N5OS/c26-17(21-12-6-9-14-7-2-1-3-8-14)13-27-20-23-19-18(24-25-20)15-10-4-5-11-16(15)22-19/h1-5,7-8,10-11H,6,9,12-13H2,(H,21,26)(H,22,23,25). The van der Waals surface area contributed by atoms with Crippen molar-refractivity contribution in [1.82, 2.24) is 25.5 Å². The molecule has 2 heterocycles. The van der Waals surface area contributed by atoms with Crippen molar-refractivity contribution in [3.8, 4) is 0 Å². The van der Waals surface area contributed by atoms with Crippen LogP contribution in [-0.2, 0) is 11.2 Å². The molecule has 0 unspecified atom stereocenters. The van der Waals surface area contributed by atoms with Crippen LogP contribution < -0.4 is 5.32 Å². The molecule has 7 heteroatoms. The zero-order valence-corrected chi connectivity index (χ0v) is 15.5. The third-order valence-corrected chi connectivity index (χ3v) is 5.08. The minimum Gasteiger partial charge on any atom is -0.355 e. The number of H-pyrrole nitrogens is 1. The summed E-state index contributed by atoms with van der Waals surface area (Å²) < 4.78 is 0. The van der Waals surface area contributed by atoms with Gasteiger partial charge in [-0.3, -0.25) is 4.79 Å². The van der Waals surface area contributed by atoms with Gasteiger partial charge in [0.15, 0.2) is 5.65 Å². The Kier molecular flexibility index (Phi) is 5.29. The number of amides is 1. The molecule has 0 saturated carbocycles. The van der Waals surface area contributed by atoms with Crippen LogP contribution in [0.15, 0.2) is 59.8 Å². The van der Waals surface area contributed by atoms with Crippen LogP contribution in [0.2, 0.25) is 0 Å². The van der Waals surface area contributed by atoms with Gasteiger partial charge in [-0.1, -0.05) is 60.3 Å². The summed E-state index contributed by atoms with van der Waals surface area (Å²) in [6.45, 7) is 0.661. The first-order chi connectivity index (χ1) is 13.3. The van der Waals surface area contributed by atoms with Crippen molar-refractivity contribution in [3.63, 3.8) is 0 Å². The summed E-state index contributed by atoms with van der Waals surface area (Å²) in [5.74, 6) is 0.257. The second kappa shape index (κ2) is 8.18. The van der Waals surface area contributed by atoms with Gasteiger partial charge in [0, 0.05) is 17.4 Å². The lowest BCUT2D eigenvalue weighted by molar-refractivity contribution is -0.118. The number of benzene rings is 2. The third kappa shape index (κ3) is 4.25. The Balaban J connectivity index is 1.28. The minimum atomic E-state index is -0.0200. The lowest BCUT2D eigenvalue weighted by Crippen LogP contribution is -2.26. The smallest absolute Gasteiger partial charge is 0.230 e. The summed E-state index contributed by atoms with van der Waals surface area (Å²) in [5.41, 5.74) is 3.71. The maximum absolute atomic E-state index is 12.0. The van der Waals surface area contributed by atoms with Crippen molar-refractivity contribution in [2.24, 2.45) is 0 Å². The molecule has 0 aliphatic heterocycles. The van der Waals surface area contributed by atoms with Crippen molar-refractivity contribution in [2.45, 2.75) is 18.0 Å². The molecule has 136 valence electrons. The highest BCUT2D eigenvalue weighted by Gasteiger charge is 2.10. The lowest BCUT2D eigenvalue weighted by atomic mass is 10.1. The number of thioether (sulfide) groups is 1. The molecule has 1 amide bonds. The van der Waals surface area contributed by atoms with E-state index in [1.165, 1.54) is 17.3 Å². The Morgan fingerprint density at radius 1 is 1.04 bits per heavy atom. The topological polar surface area (TPSA) is 83.6 Å². The summed E-state index contributed by atoms with van der Waals surface area (Å²) in [5, 5.41) is 12.8. The maximum Gasteiger partial charge on any atom is 0.230 e. The van der Waals surface area contributed by atoms with Crippen molar-refractivity contribution in [3.05, 3.63) is 60.2 Å². The summed E-state index contributed by atoms with van der Waals surface area (Å²) >= 11 is 1.29. The number of aromatic nitrogens is 4. The highest BCUT2D eigenvalue weighted by molar-refractivity contribution is 7.99. The van der Waals surface area contributed by atoms with E-state index in [1.54, 1.807) is 0 Å². The number of nitrogens with zero attached hydrogens (tertiary/aromatic N) is 3. The zero-order chi connectivity index (χ0) is 18.5. The zero-order valence-electron chi connectivity index (χ0n) is 14.7. The number of aromatic amines is 1. The Bertz CT molecular complexity index is 1060. The molecule has 0 spiro atoms. The predicted molar refractivity (Wildman–Crippen MR) is 108 cm³/mol. The normalized spacial score (nSPS) is 11.1. The number of hydrogen-bond donors (Lipinski definition) is 2. The molecule has 0 aliphatic carbocycles. The molecule has 0 radical (unpaired) electrons. The first kappa shape index (κ1) is 17.5. The number of carbonyl (C=O) groups excluding carboxylic acids is 1. The Labute approximate surface area is 160 Å². The second-order valence-corrected chi connectivity index (χ2v) is 7.13. The molecule has 0 aliphatic rings. The summed E-state index contributed by atoms with van der Waals surface area (Å²) in [6, 6.07) is 18.2. The molecule has 6 nitrogen and oxygen atoms in total. The van der Waals surface area contributed by atoms with Gasteiger partial charge in [-0.2, -0.15) is 0 Å². The van der Waals surface area contributed by atoms with Gasteiger partial charge in [0.05, 0.1) is 5.75 Å². The minimum absolute atomic E-state index is 0.0200. The number of nitrogens with one attached hydrogen (secondary N) is 2. The molecule has 0 fully saturated rings. The van der Waals surface area contributed by atoms with E-state index >= 15 is 0 Å². The molecule has 0 saturated heterocycles. The fraction of sp³-hybridized carbons (Fsp3) is 0.200. The predicted octanol–water partition coefficient (Wildman–Crippen LogP) is 3.35. The number of hydrogen-bond acceptors (Lipinski definition) is 5. The molecule has 2 N–H and O–H groups in total. The van der Waals surface area contributed by atoms with E-state index in [0.717, 1.165) is 29.3 Å². The SMILES string of the molecule is O=C(CSc1nnc2c(n1)[nH]c1ccccc12)NCCCc1ccccc1. The monoisotopic (exact) mass is 377 g/mol. The van der Waals surface area contributed by atoms with Crippen molar-refractivity contribution < 1.29 is 4.79 Å². The maximum atomic E-state index is 12.0. The average Bonchev–Trinajstić information content (AvgIpc) is 3.08. The molecule has 4 aromatic rings. The average molecular weight is 377 g/mol. The molecule has 27 heavy (non-hydrogen) atoms. The van der Waals surface area contributed by atoms with Gasteiger partial charge in [-0.15, -0.1) is 10.2 Å². The first-order valence-electron chi connectivity index (χ1n) is 8.84. The van der Waals surface area contributed by atoms with Crippen LogP contribution in [0.3, 0.4) is 0 Å². The van der Waals surface area contributed by atoms with E-state index in [1.807, 2.05) is 42.5 Å². The van der Waals surface area contributed by atoms with E-state index in [0.29, 0.717) is 17.3 Å². The second-order valence-electron chi connectivity index (χ2n) is 6.19. The van der Waals surface area contributed by atoms with Crippen LogP contribution in [0.25, 0.3) is 22.1 Å². The van der Waals surface area contributed by atoms with E-state index in [2.05, 4.69) is 37.6 Å². The van der Waals surface area contributed by atoms with Crippen LogP contribution in [0.5, 0.6) is 0 Å². The van der Waals surface area contributed by atoms with Gasteiger partial charge >= 0.3 is 0 Å². The number of para-hydroxylation sites is 1. The van der Waals surface area contributed by atoms with Gasteiger partial charge in [-0.05, 0) is 24.5 Å². The van der Waals surface area contributed by atoms with Crippen molar-refractivity contribution in [2.75, 3.05) is 12.3 Å². The first-order valence-corrected chi connectivity index (χ1v) is 9.83. The molecular formula is C20H19N5OS. The number of rotatable bonds is 7. The van der Waals surface area contributed by atoms with Gasteiger partial charge in [0.2, 0.25) is 11.1 Å². The Morgan fingerprint density at radius 3 is 2.74 bits per heavy atom. The largest absolute Gasteiger partial charge is 0.355 e. The molecule has 4 rings (SSSR count). The third-order valence-electron chi connectivity index (χ3n) is 4.24. The quantitative estimate of drug-likeness (QED) is 0.381. The molecule has 2 aromatic heterocycles. The van der Waals surface area contributed by atoms with Crippen LogP contribution in [0.1, 0.15) is 12.0 Å². The summed E-state index contributed by atoms with van der Waals surface area (Å²) in [6.07, 6.45) is 1.87.